The molecule has 128 valence electrons. The van der Waals surface area contributed by atoms with Gasteiger partial charge in [0.2, 0.25) is 10.0 Å². The zero-order chi connectivity index (χ0) is 17.9. The molecule has 5 nitrogen and oxygen atoms in total. The van der Waals surface area contributed by atoms with Gasteiger partial charge in [0.15, 0.2) is 0 Å². The maximum absolute atomic E-state index is 12.5. The SMILES string of the molecule is CCNS(=O)(=O)c1ccc(C)c(C(=O)Nc2ccc(C)c(Cl)c2)c1. The maximum atomic E-state index is 12.5. The van der Waals surface area contributed by atoms with Crippen molar-refractivity contribution in [3.05, 3.63) is 58.1 Å². The van der Waals surface area contributed by atoms with Gasteiger partial charge in [0.05, 0.1) is 4.90 Å². The predicted molar refractivity (Wildman–Crippen MR) is 96.2 cm³/mol. The Morgan fingerprint density at radius 1 is 1.08 bits per heavy atom. The fourth-order valence-electron chi connectivity index (χ4n) is 2.16. The third kappa shape index (κ3) is 4.14. The van der Waals surface area contributed by atoms with Gasteiger partial charge in [-0.15, -0.1) is 0 Å². The van der Waals surface area contributed by atoms with Gasteiger partial charge in [-0.05, 0) is 49.2 Å². The Hall–Kier alpha value is -1.89. The first kappa shape index (κ1) is 18.4. The molecule has 0 aromatic heterocycles. The fourth-order valence-corrected chi connectivity index (χ4v) is 3.40. The fraction of sp³-hybridized carbons (Fsp3) is 0.235. The lowest BCUT2D eigenvalue weighted by molar-refractivity contribution is 0.102. The number of nitrogens with one attached hydrogen (secondary N) is 2. The molecule has 0 saturated heterocycles. The Kier molecular flexibility index (Phi) is 5.64. The van der Waals surface area contributed by atoms with Gasteiger partial charge in [0, 0.05) is 22.8 Å². The molecule has 0 unspecified atom stereocenters. The summed E-state index contributed by atoms with van der Waals surface area (Å²) in [5, 5.41) is 3.29. The topological polar surface area (TPSA) is 75.3 Å². The van der Waals surface area contributed by atoms with Crippen molar-refractivity contribution in [3.63, 3.8) is 0 Å². The number of anilines is 1. The summed E-state index contributed by atoms with van der Waals surface area (Å²) in [7, 11) is -3.62. The molecule has 0 aliphatic carbocycles. The van der Waals surface area contributed by atoms with E-state index in [0.29, 0.717) is 21.8 Å². The van der Waals surface area contributed by atoms with Crippen molar-refractivity contribution in [3.8, 4) is 0 Å². The Morgan fingerprint density at radius 2 is 1.75 bits per heavy atom. The second kappa shape index (κ2) is 7.34. The van der Waals surface area contributed by atoms with Gasteiger partial charge in [0.1, 0.15) is 0 Å². The van der Waals surface area contributed by atoms with Crippen molar-refractivity contribution in [1.29, 1.82) is 0 Å². The van der Waals surface area contributed by atoms with Crippen LogP contribution >= 0.6 is 11.6 Å². The first-order chi connectivity index (χ1) is 11.2. The molecule has 0 radical (unpaired) electrons. The lowest BCUT2D eigenvalue weighted by atomic mass is 10.1. The van der Waals surface area contributed by atoms with Crippen LogP contribution in [0.2, 0.25) is 5.02 Å². The van der Waals surface area contributed by atoms with Gasteiger partial charge < -0.3 is 5.32 Å². The highest BCUT2D eigenvalue weighted by Crippen LogP contribution is 2.22. The van der Waals surface area contributed by atoms with Crippen LogP contribution in [0.25, 0.3) is 0 Å². The molecule has 2 aromatic rings. The monoisotopic (exact) mass is 366 g/mol. The van der Waals surface area contributed by atoms with Crippen molar-refractivity contribution in [1.82, 2.24) is 4.72 Å². The van der Waals surface area contributed by atoms with Crippen LogP contribution in [-0.2, 0) is 10.0 Å². The van der Waals surface area contributed by atoms with E-state index < -0.39 is 10.0 Å². The number of carbonyl (C=O) groups is 1. The van der Waals surface area contributed by atoms with Crippen molar-refractivity contribution in [2.24, 2.45) is 0 Å². The van der Waals surface area contributed by atoms with Gasteiger partial charge >= 0.3 is 0 Å². The van der Waals surface area contributed by atoms with Crippen molar-refractivity contribution in [2.45, 2.75) is 25.7 Å². The number of benzene rings is 2. The Labute approximate surface area is 147 Å². The number of hydrogen-bond acceptors (Lipinski definition) is 3. The van der Waals surface area contributed by atoms with Gasteiger partial charge in [-0.25, -0.2) is 13.1 Å². The number of amides is 1. The zero-order valence-corrected chi connectivity index (χ0v) is 15.3. The van der Waals surface area contributed by atoms with Gasteiger partial charge in [-0.3, -0.25) is 4.79 Å². The van der Waals surface area contributed by atoms with Crippen LogP contribution < -0.4 is 10.0 Å². The minimum atomic E-state index is -3.62. The molecular formula is C17H19ClN2O3S. The number of sulfonamides is 1. The molecule has 0 aliphatic heterocycles. The van der Waals surface area contributed by atoms with E-state index in [-0.39, 0.29) is 17.3 Å². The summed E-state index contributed by atoms with van der Waals surface area (Å²) >= 11 is 6.06. The van der Waals surface area contributed by atoms with Crippen LogP contribution in [0.4, 0.5) is 5.69 Å². The van der Waals surface area contributed by atoms with Gasteiger partial charge in [0.25, 0.3) is 5.91 Å². The summed E-state index contributed by atoms with van der Waals surface area (Å²) in [6.07, 6.45) is 0. The van der Waals surface area contributed by atoms with Crippen molar-refractivity contribution >= 4 is 33.2 Å². The Bertz CT molecular complexity index is 879. The first-order valence-corrected chi connectivity index (χ1v) is 9.28. The van der Waals surface area contributed by atoms with Crippen LogP contribution in [0.15, 0.2) is 41.3 Å². The second-order valence-electron chi connectivity index (χ2n) is 5.40. The highest BCUT2D eigenvalue weighted by atomic mass is 35.5. The summed E-state index contributed by atoms with van der Waals surface area (Å²) in [5.74, 6) is -0.388. The standard InChI is InChI=1S/C17H19ClN2O3S/c1-4-19-24(22,23)14-8-6-11(2)15(10-14)17(21)20-13-7-5-12(3)16(18)9-13/h5-10,19H,4H2,1-3H3,(H,20,21). The summed E-state index contributed by atoms with van der Waals surface area (Å²) in [5.41, 5.74) is 2.44. The molecule has 2 N–H and O–H groups in total. The molecule has 0 saturated carbocycles. The zero-order valence-electron chi connectivity index (χ0n) is 13.7. The number of aryl methyl sites for hydroxylation is 2. The van der Waals surface area contributed by atoms with Gasteiger partial charge in [-0.2, -0.15) is 0 Å². The number of halogens is 1. The third-order valence-electron chi connectivity index (χ3n) is 3.53. The third-order valence-corrected chi connectivity index (χ3v) is 5.48. The lowest BCUT2D eigenvalue weighted by Gasteiger charge is -2.11. The summed E-state index contributed by atoms with van der Waals surface area (Å²) < 4.78 is 26.6. The summed E-state index contributed by atoms with van der Waals surface area (Å²) in [4.78, 5) is 12.6. The highest BCUT2D eigenvalue weighted by molar-refractivity contribution is 7.89. The molecule has 2 aromatic carbocycles. The predicted octanol–water partition coefficient (Wildman–Crippen LogP) is 3.51. The van der Waals surface area contributed by atoms with Crippen molar-refractivity contribution < 1.29 is 13.2 Å². The molecule has 7 heteroatoms. The second-order valence-corrected chi connectivity index (χ2v) is 7.57. The minimum absolute atomic E-state index is 0.0574. The maximum Gasteiger partial charge on any atom is 0.255 e. The van der Waals surface area contributed by atoms with Crippen LogP contribution in [0.1, 0.15) is 28.4 Å². The van der Waals surface area contributed by atoms with Crippen LogP contribution in [0.3, 0.4) is 0 Å². The molecule has 0 aliphatic rings. The van der Waals surface area contributed by atoms with Crippen LogP contribution in [0, 0.1) is 13.8 Å². The minimum Gasteiger partial charge on any atom is -0.322 e. The van der Waals surface area contributed by atoms with E-state index in [1.165, 1.54) is 12.1 Å². The quantitative estimate of drug-likeness (QED) is 0.850. The average Bonchev–Trinajstić information content (AvgIpc) is 2.51. The van der Waals surface area contributed by atoms with Gasteiger partial charge in [-0.1, -0.05) is 30.7 Å². The molecule has 0 spiro atoms. The number of rotatable bonds is 5. The van der Waals surface area contributed by atoms with E-state index in [1.54, 1.807) is 38.1 Å². The molecule has 0 fully saturated rings. The Balaban J connectivity index is 2.33. The molecule has 1 amide bonds. The molecule has 2 rings (SSSR count). The summed E-state index contributed by atoms with van der Waals surface area (Å²) in [6.45, 7) is 5.59. The van der Waals surface area contributed by atoms with Crippen LogP contribution in [-0.4, -0.2) is 20.9 Å². The van der Waals surface area contributed by atoms with E-state index in [9.17, 15) is 13.2 Å². The van der Waals surface area contributed by atoms with E-state index in [4.69, 9.17) is 11.6 Å². The number of hydrogen-bond donors (Lipinski definition) is 2. The first-order valence-electron chi connectivity index (χ1n) is 7.42. The summed E-state index contributed by atoms with van der Waals surface area (Å²) in [6, 6.07) is 9.67. The lowest BCUT2D eigenvalue weighted by Crippen LogP contribution is -2.24. The van der Waals surface area contributed by atoms with E-state index in [1.807, 2.05) is 6.92 Å². The molecule has 0 bridgehead atoms. The average molecular weight is 367 g/mol. The normalized spacial score (nSPS) is 11.3. The Morgan fingerprint density at radius 3 is 2.38 bits per heavy atom. The number of carbonyl (C=O) groups excluding carboxylic acids is 1. The molecular weight excluding hydrogens is 348 g/mol. The molecule has 0 heterocycles. The van der Waals surface area contributed by atoms with Crippen LogP contribution in [0.5, 0.6) is 0 Å². The van der Waals surface area contributed by atoms with E-state index in [2.05, 4.69) is 10.0 Å². The van der Waals surface area contributed by atoms with E-state index >= 15 is 0 Å². The molecule has 24 heavy (non-hydrogen) atoms. The highest BCUT2D eigenvalue weighted by Gasteiger charge is 2.17. The smallest absolute Gasteiger partial charge is 0.255 e. The molecule has 0 atom stereocenters. The van der Waals surface area contributed by atoms with Crippen molar-refractivity contribution in [2.75, 3.05) is 11.9 Å². The largest absolute Gasteiger partial charge is 0.322 e. The van der Waals surface area contributed by atoms with E-state index in [0.717, 1.165) is 5.56 Å².